The van der Waals surface area contributed by atoms with E-state index in [9.17, 15) is 14.9 Å². The molecule has 6 heteroatoms. The Hall–Kier alpha value is -2.11. The lowest BCUT2D eigenvalue weighted by atomic mass is 10.2. The highest BCUT2D eigenvalue weighted by atomic mass is 16.6. The van der Waals surface area contributed by atoms with Gasteiger partial charge in [0, 0.05) is 18.1 Å². The summed E-state index contributed by atoms with van der Waals surface area (Å²) in [4.78, 5) is 21.7. The van der Waals surface area contributed by atoms with E-state index in [2.05, 4.69) is 5.32 Å². The Morgan fingerprint density at radius 3 is 2.76 bits per heavy atom. The third kappa shape index (κ3) is 2.52. The molecule has 0 heterocycles. The van der Waals surface area contributed by atoms with Gasteiger partial charge in [0.2, 0.25) is 5.91 Å². The molecule has 0 radical (unpaired) electrons. The van der Waals surface area contributed by atoms with Gasteiger partial charge < -0.3 is 10.1 Å². The van der Waals surface area contributed by atoms with E-state index in [1.165, 1.54) is 25.3 Å². The molecule has 0 atom stereocenters. The van der Waals surface area contributed by atoms with Crippen molar-refractivity contribution in [3.05, 3.63) is 28.3 Å². The summed E-state index contributed by atoms with van der Waals surface area (Å²) < 4.78 is 5.04. The van der Waals surface area contributed by atoms with Gasteiger partial charge in [-0.3, -0.25) is 14.9 Å². The number of ether oxygens (including phenoxy) is 1. The van der Waals surface area contributed by atoms with Gasteiger partial charge in [-0.05, 0) is 18.9 Å². The highest BCUT2D eigenvalue weighted by molar-refractivity contribution is 5.95. The number of carbonyl (C=O) groups is 1. The van der Waals surface area contributed by atoms with Crippen molar-refractivity contribution in [3.63, 3.8) is 0 Å². The minimum Gasteiger partial charge on any atom is -0.495 e. The molecule has 0 saturated heterocycles. The van der Waals surface area contributed by atoms with Crippen molar-refractivity contribution < 1.29 is 14.5 Å². The summed E-state index contributed by atoms with van der Waals surface area (Å²) in [5, 5.41) is 13.3. The summed E-state index contributed by atoms with van der Waals surface area (Å²) in [6, 6.07) is 4.12. The second-order valence-electron chi connectivity index (χ2n) is 3.91. The molecular formula is C11H12N2O4. The minimum atomic E-state index is -0.508. The van der Waals surface area contributed by atoms with Crippen molar-refractivity contribution in [2.45, 2.75) is 12.8 Å². The zero-order valence-corrected chi connectivity index (χ0v) is 9.30. The van der Waals surface area contributed by atoms with Gasteiger partial charge in [0.05, 0.1) is 17.7 Å². The first kappa shape index (κ1) is 11.4. The van der Waals surface area contributed by atoms with E-state index >= 15 is 0 Å². The molecule has 1 fully saturated rings. The lowest BCUT2D eigenvalue weighted by Crippen LogP contribution is -2.14. The molecule has 17 heavy (non-hydrogen) atoms. The van der Waals surface area contributed by atoms with Crippen LogP contribution in [0.15, 0.2) is 18.2 Å². The Morgan fingerprint density at radius 2 is 2.24 bits per heavy atom. The molecule has 1 amide bonds. The van der Waals surface area contributed by atoms with Crippen LogP contribution in [0.4, 0.5) is 11.4 Å². The summed E-state index contributed by atoms with van der Waals surface area (Å²) in [7, 11) is 1.45. The summed E-state index contributed by atoms with van der Waals surface area (Å²) in [6.45, 7) is 0. The van der Waals surface area contributed by atoms with Gasteiger partial charge in [-0.15, -0.1) is 0 Å². The quantitative estimate of drug-likeness (QED) is 0.639. The third-order valence-corrected chi connectivity index (χ3v) is 2.60. The second-order valence-corrected chi connectivity index (χ2v) is 3.91. The second kappa shape index (κ2) is 4.40. The van der Waals surface area contributed by atoms with Crippen molar-refractivity contribution in [3.8, 4) is 5.75 Å². The largest absolute Gasteiger partial charge is 0.495 e. The van der Waals surface area contributed by atoms with Gasteiger partial charge in [-0.25, -0.2) is 0 Å². The van der Waals surface area contributed by atoms with Gasteiger partial charge in [0.25, 0.3) is 5.69 Å². The minimum absolute atomic E-state index is 0.0407. The molecule has 1 aromatic carbocycles. The van der Waals surface area contributed by atoms with Gasteiger partial charge in [-0.1, -0.05) is 0 Å². The highest BCUT2D eigenvalue weighted by Gasteiger charge is 2.30. The number of anilines is 1. The number of nitro groups is 1. The van der Waals surface area contributed by atoms with E-state index < -0.39 is 4.92 Å². The highest BCUT2D eigenvalue weighted by Crippen LogP contribution is 2.33. The van der Waals surface area contributed by atoms with Gasteiger partial charge in [0.15, 0.2) is 0 Å². The summed E-state index contributed by atoms with van der Waals surface area (Å²) in [6.07, 6.45) is 1.76. The molecule has 0 unspecified atom stereocenters. The van der Waals surface area contributed by atoms with Crippen LogP contribution in [0.25, 0.3) is 0 Å². The molecule has 2 rings (SSSR count). The van der Waals surface area contributed by atoms with Crippen LogP contribution in [0.1, 0.15) is 12.8 Å². The lowest BCUT2D eigenvalue weighted by Gasteiger charge is -2.09. The first-order valence-corrected chi connectivity index (χ1v) is 5.25. The SMILES string of the molecule is COc1ccc([N+](=O)[O-])cc1NC(=O)C1CC1. The number of nitrogens with one attached hydrogen (secondary N) is 1. The molecule has 1 aromatic rings. The number of amides is 1. The third-order valence-electron chi connectivity index (χ3n) is 2.60. The number of hydrogen-bond acceptors (Lipinski definition) is 4. The average Bonchev–Trinajstić information content (AvgIpc) is 3.12. The lowest BCUT2D eigenvalue weighted by molar-refractivity contribution is -0.384. The van der Waals surface area contributed by atoms with E-state index in [1.807, 2.05) is 0 Å². The molecule has 1 saturated carbocycles. The standard InChI is InChI=1S/C11H12N2O4/c1-17-10-5-4-8(13(15)16)6-9(10)12-11(14)7-2-3-7/h4-7H,2-3H2,1H3,(H,12,14). The predicted octanol–water partition coefficient (Wildman–Crippen LogP) is 1.95. The number of carbonyl (C=O) groups excluding carboxylic acids is 1. The average molecular weight is 236 g/mol. The first-order chi connectivity index (χ1) is 8.11. The Balaban J connectivity index is 2.24. The fourth-order valence-electron chi connectivity index (χ4n) is 1.49. The van der Waals surface area contributed by atoms with Crippen LogP contribution in [-0.2, 0) is 4.79 Å². The van der Waals surface area contributed by atoms with Crippen LogP contribution >= 0.6 is 0 Å². The smallest absolute Gasteiger partial charge is 0.271 e. The molecule has 0 aliphatic heterocycles. The molecule has 0 aromatic heterocycles. The van der Waals surface area contributed by atoms with Crippen LogP contribution in [0.5, 0.6) is 5.75 Å². The fourth-order valence-corrected chi connectivity index (χ4v) is 1.49. The van der Waals surface area contributed by atoms with Crippen molar-refractivity contribution in [2.75, 3.05) is 12.4 Å². The first-order valence-electron chi connectivity index (χ1n) is 5.25. The number of non-ortho nitro benzene ring substituents is 1. The van der Waals surface area contributed by atoms with Crippen LogP contribution in [-0.4, -0.2) is 17.9 Å². The molecule has 1 aliphatic rings. The normalized spacial score (nSPS) is 14.2. The maximum Gasteiger partial charge on any atom is 0.271 e. The molecule has 1 aliphatic carbocycles. The summed E-state index contributed by atoms with van der Waals surface area (Å²) in [5.74, 6) is 0.354. The Bertz CT molecular complexity index is 469. The zero-order chi connectivity index (χ0) is 12.4. The summed E-state index contributed by atoms with van der Waals surface area (Å²) >= 11 is 0. The van der Waals surface area contributed by atoms with E-state index in [1.54, 1.807) is 0 Å². The summed E-state index contributed by atoms with van der Waals surface area (Å²) in [5.41, 5.74) is 0.274. The Labute approximate surface area is 97.7 Å². The van der Waals surface area contributed by atoms with Crippen molar-refractivity contribution in [1.29, 1.82) is 0 Å². The van der Waals surface area contributed by atoms with Crippen LogP contribution in [0.3, 0.4) is 0 Å². The van der Waals surface area contributed by atoms with Crippen molar-refractivity contribution in [1.82, 2.24) is 0 Å². The van der Waals surface area contributed by atoms with Crippen molar-refractivity contribution >= 4 is 17.3 Å². The number of nitrogens with zero attached hydrogens (tertiary/aromatic N) is 1. The zero-order valence-electron chi connectivity index (χ0n) is 9.30. The fraction of sp³-hybridized carbons (Fsp3) is 0.364. The number of rotatable bonds is 4. The van der Waals surface area contributed by atoms with Crippen molar-refractivity contribution in [2.24, 2.45) is 5.92 Å². The number of methoxy groups -OCH3 is 1. The Morgan fingerprint density at radius 1 is 1.53 bits per heavy atom. The van der Waals surface area contributed by atoms with E-state index in [0.29, 0.717) is 11.4 Å². The van der Waals surface area contributed by atoms with E-state index in [-0.39, 0.29) is 17.5 Å². The number of nitro benzene ring substituents is 1. The molecular weight excluding hydrogens is 224 g/mol. The molecule has 90 valence electrons. The van der Waals surface area contributed by atoms with Gasteiger partial charge >= 0.3 is 0 Å². The van der Waals surface area contributed by atoms with Crippen LogP contribution in [0, 0.1) is 16.0 Å². The monoisotopic (exact) mass is 236 g/mol. The van der Waals surface area contributed by atoms with Crippen LogP contribution < -0.4 is 10.1 Å². The molecule has 6 nitrogen and oxygen atoms in total. The van der Waals surface area contributed by atoms with Crippen LogP contribution in [0.2, 0.25) is 0 Å². The van der Waals surface area contributed by atoms with Gasteiger partial charge in [-0.2, -0.15) is 0 Å². The number of hydrogen-bond donors (Lipinski definition) is 1. The maximum absolute atomic E-state index is 11.6. The van der Waals surface area contributed by atoms with Gasteiger partial charge in [0.1, 0.15) is 5.75 Å². The molecule has 1 N–H and O–H groups in total. The number of benzene rings is 1. The van der Waals surface area contributed by atoms with E-state index in [0.717, 1.165) is 12.8 Å². The molecule has 0 bridgehead atoms. The maximum atomic E-state index is 11.6. The predicted molar refractivity (Wildman–Crippen MR) is 61.0 cm³/mol. The molecule has 0 spiro atoms. The van der Waals surface area contributed by atoms with E-state index in [4.69, 9.17) is 4.74 Å². The Kier molecular flexibility index (Phi) is 2.95. The topological polar surface area (TPSA) is 81.5 Å².